The maximum absolute atomic E-state index is 14.0. The first-order valence-electron chi connectivity index (χ1n) is 10.6. The maximum Gasteiger partial charge on any atom is 0.416 e. The molecule has 186 valence electrons. The van der Waals surface area contributed by atoms with Crippen molar-refractivity contribution in [3.05, 3.63) is 86.9 Å². The van der Waals surface area contributed by atoms with Gasteiger partial charge in [0.15, 0.2) is 5.75 Å². The van der Waals surface area contributed by atoms with Gasteiger partial charge in [-0.2, -0.15) is 13.2 Å². The third kappa shape index (κ3) is 4.19. The first-order chi connectivity index (χ1) is 17.0. The van der Waals surface area contributed by atoms with Crippen LogP contribution in [-0.4, -0.2) is 25.0 Å². The Balaban J connectivity index is 1.64. The number of nitrogens with one attached hydrogen (secondary N) is 3. The van der Waals surface area contributed by atoms with E-state index >= 15 is 0 Å². The number of carbonyl (C=O) groups excluding carboxylic acids is 2. The number of hydrogen-bond acceptors (Lipinski definition) is 4. The SMILES string of the molecule is O=C(Nc1cc2c(c3c1C(c1cc(F)ccc1Cl)NC3=O)OCCN2)c1cc(F)cc(C(F)(F)F)c1. The zero-order valence-corrected chi connectivity index (χ0v) is 18.8. The van der Waals surface area contributed by atoms with Gasteiger partial charge in [0.2, 0.25) is 0 Å². The van der Waals surface area contributed by atoms with Crippen LogP contribution in [0, 0.1) is 11.6 Å². The van der Waals surface area contributed by atoms with Crippen molar-refractivity contribution in [1.82, 2.24) is 5.32 Å². The van der Waals surface area contributed by atoms with Crippen molar-refractivity contribution in [2.24, 2.45) is 0 Å². The minimum atomic E-state index is -4.87. The minimum Gasteiger partial charge on any atom is -0.489 e. The van der Waals surface area contributed by atoms with Crippen LogP contribution >= 0.6 is 11.6 Å². The second kappa shape index (κ2) is 8.66. The molecule has 0 radical (unpaired) electrons. The molecule has 3 aromatic rings. The van der Waals surface area contributed by atoms with Gasteiger partial charge in [-0.1, -0.05) is 11.6 Å². The zero-order chi connectivity index (χ0) is 25.8. The summed E-state index contributed by atoms with van der Waals surface area (Å²) < 4.78 is 73.1. The summed E-state index contributed by atoms with van der Waals surface area (Å²) in [7, 11) is 0. The van der Waals surface area contributed by atoms with Gasteiger partial charge in [-0.3, -0.25) is 9.59 Å². The molecule has 5 rings (SSSR count). The van der Waals surface area contributed by atoms with E-state index in [-0.39, 0.29) is 45.8 Å². The summed E-state index contributed by atoms with van der Waals surface area (Å²) in [6, 6.07) is 5.44. The summed E-state index contributed by atoms with van der Waals surface area (Å²) in [5.41, 5.74) is -1.13. The van der Waals surface area contributed by atoms with Gasteiger partial charge in [0.25, 0.3) is 11.8 Å². The van der Waals surface area contributed by atoms with Crippen LogP contribution < -0.4 is 20.7 Å². The van der Waals surface area contributed by atoms with Crippen molar-refractivity contribution in [1.29, 1.82) is 0 Å². The van der Waals surface area contributed by atoms with Gasteiger partial charge in [0.05, 0.1) is 22.9 Å². The molecule has 0 aliphatic carbocycles. The second-order valence-corrected chi connectivity index (χ2v) is 8.52. The van der Waals surface area contributed by atoms with Crippen molar-refractivity contribution >= 4 is 34.8 Å². The zero-order valence-electron chi connectivity index (χ0n) is 18.0. The normalized spacial score (nSPS) is 16.4. The summed E-state index contributed by atoms with van der Waals surface area (Å²) in [5.74, 6) is -3.31. The number of rotatable bonds is 3. The topological polar surface area (TPSA) is 79.5 Å². The molecule has 1 atom stereocenters. The van der Waals surface area contributed by atoms with E-state index in [1.165, 1.54) is 12.1 Å². The molecule has 3 N–H and O–H groups in total. The number of benzene rings is 3. The van der Waals surface area contributed by atoms with Gasteiger partial charge >= 0.3 is 6.18 Å². The van der Waals surface area contributed by atoms with Crippen LogP contribution in [0.15, 0.2) is 42.5 Å². The molecule has 36 heavy (non-hydrogen) atoms. The number of carbonyl (C=O) groups is 2. The lowest BCUT2D eigenvalue weighted by Gasteiger charge is -2.24. The van der Waals surface area contributed by atoms with E-state index in [1.54, 1.807) is 0 Å². The molecule has 6 nitrogen and oxygen atoms in total. The lowest BCUT2D eigenvalue weighted by atomic mass is 9.94. The molecule has 0 spiro atoms. The number of alkyl halides is 3. The molecule has 2 amide bonds. The Labute approximate surface area is 205 Å². The van der Waals surface area contributed by atoms with Crippen LogP contribution in [0.25, 0.3) is 0 Å². The van der Waals surface area contributed by atoms with Gasteiger partial charge in [0.1, 0.15) is 18.2 Å². The molecule has 2 aliphatic heterocycles. The molecule has 1 unspecified atom stereocenters. The van der Waals surface area contributed by atoms with E-state index in [9.17, 15) is 31.5 Å². The van der Waals surface area contributed by atoms with Crippen molar-refractivity contribution in [2.45, 2.75) is 12.2 Å². The molecule has 2 aliphatic rings. The average Bonchev–Trinajstić information content (AvgIpc) is 3.17. The predicted molar refractivity (Wildman–Crippen MR) is 121 cm³/mol. The Kier molecular flexibility index (Phi) is 5.74. The number of fused-ring (bicyclic) bond motifs is 3. The highest BCUT2D eigenvalue weighted by molar-refractivity contribution is 6.31. The molecule has 0 bridgehead atoms. The molecule has 0 fully saturated rings. The Hall–Kier alpha value is -3.86. The van der Waals surface area contributed by atoms with Crippen LogP contribution in [0.4, 0.5) is 33.3 Å². The fraction of sp³-hybridized carbons (Fsp3) is 0.167. The highest BCUT2D eigenvalue weighted by Crippen LogP contribution is 2.47. The highest BCUT2D eigenvalue weighted by atomic mass is 35.5. The van der Waals surface area contributed by atoms with Gasteiger partial charge in [-0.05, 0) is 42.5 Å². The van der Waals surface area contributed by atoms with Crippen molar-refractivity contribution in [2.75, 3.05) is 23.8 Å². The average molecular weight is 524 g/mol. The molecular formula is C24H15ClF5N3O3. The lowest BCUT2D eigenvalue weighted by Crippen LogP contribution is -2.22. The smallest absolute Gasteiger partial charge is 0.416 e. The van der Waals surface area contributed by atoms with E-state index in [0.29, 0.717) is 24.4 Å². The molecule has 2 heterocycles. The van der Waals surface area contributed by atoms with Crippen molar-refractivity contribution < 1.29 is 36.3 Å². The van der Waals surface area contributed by atoms with Crippen molar-refractivity contribution in [3.8, 4) is 5.75 Å². The number of hydrogen-bond donors (Lipinski definition) is 3. The van der Waals surface area contributed by atoms with E-state index in [0.717, 1.165) is 12.1 Å². The van der Waals surface area contributed by atoms with Gasteiger partial charge in [-0.25, -0.2) is 8.78 Å². The largest absolute Gasteiger partial charge is 0.489 e. The predicted octanol–water partition coefficient (Wildman–Crippen LogP) is 5.53. The molecule has 0 saturated heterocycles. The maximum atomic E-state index is 14.0. The molecular weight excluding hydrogens is 509 g/mol. The Morgan fingerprint density at radius 1 is 1.08 bits per heavy atom. The number of halogens is 6. The first-order valence-corrected chi connectivity index (χ1v) is 10.9. The molecule has 3 aromatic carbocycles. The van der Waals surface area contributed by atoms with E-state index in [1.807, 2.05) is 0 Å². The summed E-state index contributed by atoms with van der Waals surface area (Å²) in [5, 5.41) is 8.32. The van der Waals surface area contributed by atoms with E-state index in [2.05, 4.69) is 16.0 Å². The quantitative estimate of drug-likeness (QED) is 0.395. The minimum absolute atomic E-state index is 0.0215. The van der Waals surface area contributed by atoms with E-state index < -0.39 is 46.8 Å². The van der Waals surface area contributed by atoms with Gasteiger partial charge < -0.3 is 20.7 Å². The molecule has 0 aromatic heterocycles. The van der Waals surface area contributed by atoms with Crippen LogP contribution in [-0.2, 0) is 6.18 Å². The summed E-state index contributed by atoms with van der Waals surface area (Å²) in [6.07, 6.45) is -4.87. The summed E-state index contributed by atoms with van der Waals surface area (Å²) >= 11 is 6.27. The number of amides is 2. The summed E-state index contributed by atoms with van der Waals surface area (Å²) in [6.45, 7) is 0.631. The van der Waals surface area contributed by atoms with Gasteiger partial charge in [-0.15, -0.1) is 0 Å². The first kappa shape index (κ1) is 23.9. The standard InChI is InChI=1S/C24H15ClF5N3O3/c25-15-2-1-12(26)8-14(15)20-18-16(9-17-21(36-4-3-31-17)19(18)23(35)33-20)32-22(34)10-5-11(24(28,29)30)7-13(27)6-10/h1-2,5-9,20,31H,3-4H2,(H,32,34)(H,33,35). The van der Waals surface area contributed by atoms with Gasteiger partial charge in [0, 0.05) is 33.9 Å². The Morgan fingerprint density at radius 3 is 2.61 bits per heavy atom. The number of anilines is 2. The molecule has 12 heteroatoms. The highest BCUT2D eigenvalue weighted by Gasteiger charge is 2.39. The fourth-order valence-electron chi connectivity index (χ4n) is 4.25. The van der Waals surface area contributed by atoms with Crippen molar-refractivity contribution in [3.63, 3.8) is 0 Å². The number of ether oxygens (including phenoxy) is 1. The summed E-state index contributed by atoms with van der Waals surface area (Å²) in [4.78, 5) is 26.0. The van der Waals surface area contributed by atoms with Crippen LogP contribution in [0.3, 0.4) is 0 Å². The Bertz CT molecular complexity index is 1430. The molecule has 0 saturated carbocycles. The lowest BCUT2D eigenvalue weighted by molar-refractivity contribution is -0.137. The third-order valence-electron chi connectivity index (χ3n) is 5.78. The van der Waals surface area contributed by atoms with E-state index in [4.69, 9.17) is 16.3 Å². The Morgan fingerprint density at radius 2 is 1.86 bits per heavy atom. The van der Waals surface area contributed by atoms with Crippen LogP contribution in [0.1, 0.15) is 43.4 Å². The fourth-order valence-corrected chi connectivity index (χ4v) is 4.48. The van der Waals surface area contributed by atoms with Crippen LogP contribution in [0.5, 0.6) is 5.75 Å². The second-order valence-electron chi connectivity index (χ2n) is 8.12. The third-order valence-corrected chi connectivity index (χ3v) is 6.12. The van der Waals surface area contributed by atoms with Crippen LogP contribution in [0.2, 0.25) is 5.02 Å². The monoisotopic (exact) mass is 523 g/mol.